The molecule has 0 heterocycles. The van der Waals surface area contributed by atoms with Crippen molar-refractivity contribution in [2.24, 2.45) is 0 Å². The molecule has 0 spiro atoms. The molecule has 0 amide bonds. The average Bonchev–Trinajstić information content (AvgIpc) is 1.87. The van der Waals surface area contributed by atoms with Crippen LogP contribution in [0.15, 0.2) is 0 Å². The van der Waals surface area contributed by atoms with Crippen molar-refractivity contribution < 1.29 is 221 Å². The number of rotatable bonds is 4. The molecule has 0 aliphatic carbocycles. The van der Waals surface area contributed by atoms with Crippen molar-refractivity contribution in [1.29, 1.82) is 0 Å². The van der Waals surface area contributed by atoms with Crippen molar-refractivity contribution >= 4 is 8.55 Å². The van der Waals surface area contributed by atoms with Gasteiger partial charge in [0.1, 0.15) is 0 Å². The first-order valence-electron chi connectivity index (χ1n) is 2.37. The predicted octanol–water partition coefficient (Wildman–Crippen LogP) is 1.25. The molecule has 0 aromatic carbocycles. The van der Waals surface area contributed by atoms with Gasteiger partial charge in [-0.3, -0.25) is 0 Å². The Labute approximate surface area is 269 Å². The Morgan fingerprint density at radius 1 is 1.11 bits per heavy atom. The van der Waals surface area contributed by atoms with Gasteiger partial charge < -0.3 is 14.9 Å². The quantitative estimate of drug-likeness (QED) is 0.304. The van der Waals surface area contributed by atoms with Gasteiger partial charge in [0.2, 0.25) is 0 Å². The van der Waals surface area contributed by atoms with Crippen molar-refractivity contribution in [3.8, 4) is 0 Å². The molecule has 0 bridgehead atoms. The van der Waals surface area contributed by atoms with Crippen LogP contribution in [-0.2, 0) is 221 Å². The smallest absolute Gasteiger partial charge is 0.358 e. The number of nitrogens with zero attached hydrogens (tertiary/aromatic N) is 1. The van der Waals surface area contributed by atoms with Crippen molar-refractivity contribution in [3.05, 3.63) is 35.2 Å². The Morgan fingerprint density at radius 2 is 1.39 bits per heavy atom. The van der Waals surface area contributed by atoms with Gasteiger partial charge in [0.15, 0.2) is 0 Å². The molecule has 0 atom stereocenters. The van der Waals surface area contributed by atoms with Gasteiger partial charge >= 0.3 is 100 Å². The van der Waals surface area contributed by atoms with E-state index in [-0.39, 0.29) is 197 Å². The Bertz CT molecular complexity index is 131. The van der Waals surface area contributed by atoms with E-state index in [2.05, 4.69) is 24.9 Å². The van der Waals surface area contributed by atoms with Crippen LogP contribution in [0, 0.1) is 35.2 Å². The molecule has 18 heavy (non-hydrogen) atoms. The van der Waals surface area contributed by atoms with Crippen molar-refractivity contribution in [2.45, 2.75) is 6.42 Å². The SMILES string of the molecule is [CH2-]C[CH-][C](=[W])N([CH2-])[C-]=[W].[CH3-].[CH3-].[W+2].[W].[W].[W].[Y].[Y].[Y]. The summed E-state index contributed by atoms with van der Waals surface area (Å²) in [5.74, 6) is 0. The average molecular weight is 1490 g/mol. The zero-order valence-corrected chi connectivity index (χ0v) is 36.4. The van der Waals surface area contributed by atoms with Gasteiger partial charge in [0, 0.05) is 161 Å². The second kappa shape index (κ2) is 49.6. The van der Waals surface area contributed by atoms with Gasteiger partial charge in [-0.05, 0) is 0 Å². The molecule has 0 aliphatic rings. The van der Waals surface area contributed by atoms with Gasteiger partial charge in [-0.2, -0.15) is 0 Å². The third-order valence-electron chi connectivity index (χ3n) is 0.695. The Kier molecular flexibility index (Phi) is 176. The van der Waals surface area contributed by atoms with Gasteiger partial charge in [-0.15, -0.1) is 0 Å². The van der Waals surface area contributed by atoms with Crippen LogP contribution in [0.1, 0.15) is 6.42 Å². The fourth-order valence-corrected chi connectivity index (χ4v) is 2.12. The van der Waals surface area contributed by atoms with Crippen LogP contribution < -0.4 is 0 Å². The van der Waals surface area contributed by atoms with Crippen LogP contribution in [0.2, 0.25) is 0 Å². The first-order valence-corrected chi connectivity index (χ1v) is 5.30. The zero-order chi connectivity index (χ0) is 7.28. The molecule has 10 heteroatoms. The van der Waals surface area contributed by atoms with Gasteiger partial charge in [-0.1, -0.05) is 0 Å². The first-order chi connectivity index (χ1) is 4.22. The monoisotopic (exact) mass is 1490 g/mol. The second-order valence-corrected chi connectivity index (χ2v) is 3.51. The van der Waals surface area contributed by atoms with Crippen LogP contribution in [0.3, 0.4) is 0 Å². The molecule has 0 aliphatic heterocycles. The summed E-state index contributed by atoms with van der Waals surface area (Å²) in [5, 5.41) is 0. The molecule has 0 N–H and O–H groups in total. The molecule has 3 radical (unpaired) electrons. The van der Waals surface area contributed by atoms with Crippen LogP contribution >= 0.6 is 0 Å². The van der Waals surface area contributed by atoms with E-state index in [9.17, 15) is 0 Å². The summed E-state index contributed by atoms with van der Waals surface area (Å²) in [7, 11) is 3.74. The Balaban J connectivity index is -0.00000000889. The summed E-state index contributed by atoms with van der Waals surface area (Å²) in [6.07, 6.45) is 2.89. The van der Waals surface area contributed by atoms with E-state index in [0.29, 0.717) is 0 Å². The maximum absolute atomic E-state index is 3.74. The summed E-state index contributed by atoms with van der Waals surface area (Å²) in [5.41, 5.74) is 0. The minimum Gasteiger partial charge on any atom is -0.358 e. The summed E-state index contributed by atoms with van der Waals surface area (Å²) >= 11 is 2.72. The van der Waals surface area contributed by atoms with Crippen molar-refractivity contribution in [1.82, 2.24) is 4.90 Å². The van der Waals surface area contributed by atoms with E-state index in [1.54, 1.807) is 4.90 Å². The van der Waals surface area contributed by atoms with E-state index in [4.69, 9.17) is 0 Å². The van der Waals surface area contributed by atoms with Gasteiger partial charge in [0.25, 0.3) is 0 Å². The van der Waals surface area contributed by atoms with E-state index in [1.807, 2.05) is 0 Å². The molecule has 0 saturated carbocycles. The summed E-state index contributed by atoms with van der Waals surface area (Å²) in [6.45, 7) is 3.70. The van der Waals surface area contributed by atoms with Crippen LogP contribution in [0.4, 0.5) is 0 Å². The third-order valence-corrected chi connectivity index (χ3v) is 2.88. The summed E-state index contributed by atoms with van der Waals surface area (Å²) in [4.78, 5) is 1.77. The molecule has 99 valence electrons. The molecule has 0 saturated heterocycles. The molecule has 1 nitrogen and oxygen atoms in total. The fourth-order valence-electron chi connectivity index (χ4n) is 0.279. The van der Waals surface area contributed by atoms with Crippen molar-refractivity contribution in [3.63, 3.8) is 0 Å². The third kappa shape index (κ3) is 43.5. The van der Waals surface area contributed by atoms with E-state index in [0.717, 1.165) is 6.42 Å². The summed E-state index contributed by atoms with van der Waals surface area (Å²) < 4.78 is 4.17. The Hall–Kier alpha value is 7.14. The molecular weight excluding hydrogens is 1480 g/mol. The van der Waals surface area contributed by atoms with Crippen LogP contribution in [0.5, 0.6) is 0 Å². The van der Waals surface area contributed by atoms with E-state index in [1.165, 1.54) is 42.7 Å². The first kappa shape index (κ1) is 63.9. The minimum absolute atomic E-state index is 0. The van der Waals surface area contributed by atoms with Crippen molar-refractivity contribution in [2.75, 3.05) is 0 Å². The van der Waals surface area contributed by atoms with Crippen LogP contribution in [-0.4, -0.2) is 13.4 Å². The maximum atomic E-state index is 3.74. The van der Waals surface area contributed by atoms with E-state index < -0.39 is 0 Å². The Morgan fingerprint density at radius 3 is 1.56 bits per heavy atom. The normalized spacial score (nSPS) is 4.83. The van der Waals surface area contributed by atoms with Crippen LogP contribution in [0.25, 0.3) is 0 Å². The summed E-state index contributed by atoms with van der Waals surface area (Å²) in [6, 6.07) is 0. The predicted molar refractivity (Wildman–Crippen MR) is 44.3 cm³/mol. The number of hydrogen-bond acceptors (Lipinski definition) is 1. The van der Waals surface area contributed by atoms with Gasteiger partial charge in [0.05, 0.1) is 0 Å². The molecule has 0 rings (SSSR count). The van der Waals surface area contributed by atoms with Gasteiger partial charge in [-0.25, -0.2) is 0 Å². The topological polar surface area (TPSA) is 3.24 Å². The zero-order valence-electron chi connectivity index (χ0n) is 10.3. The molecule has 0 unspecified atom stereocenters. The molecular formula is C8H13NW6Y3-4. The molecule has 0 fully saturated rings. The maximum Gasteiger partial charge on any atom is 2.00 e. The number of hydrogen-bond donors (Lipinski definition) is 0. The molecule has 0 aromatic rings. The van der Waals surface area contributed by atoms with E-state index >= 15 is 0 Å². The largest absolute Gasteiger partial charge is 2.00 e. The molecule has 0 aromatic heterocycles. The standard InChI is InChI=1S/C6H7N.2CH3.6W.3Y/c1-4-5-6-7(2)3;;;;;;;;;;;/h5H,1-2,4H2;2*1H3;;;;;;;;;/q-4;2*-1;;;;;;+2;;;. The fraction of sp³-hybridized carbons (Fsp3) is 0.125. The second-order valence-electron chi connectivity index (χ2n) is 1.35. The minimum atomic E-state index is 0.